The predicted octanol–water partition coefficient (Wildman–Crippen LogP) is 2.30. The number of benzene rings is 1. The van der Waals surface area contributed by atoms with Crippen LogP contribution in [0.15, 0.2) is 23.1 Å². The Kier molecular flexibility index (Phi) is 5.68. The van der Waals surface area contributed by atoms with Crippen molar-refractivity contribution in [2.45, 2.75) is 32.6 Å². The van der Waals surface area contributed by atoms with Crippen LogP contribution in [0, 0.1) is 12.8 Å². The van der Waals surface area contributed by atoms with Gasteiger partial charge in [0.25, 0.3) is 0 Å². The van der Waals surface area contributed by atoms with Gasteiger partial charge in [-0.05, 0) is 24.5 Å². The molecule has 112 valence electrons. The Bertz CT molecular complexity index is 595. The summed E-state index contributed by atoms with van der Waals surface area (Å²) in [6.07, 6.45) is 0. The summed E-state index contributed by atoms with van der Waals surface area (Å²) in [6.45, 7) is 8.55. The Morgan fingerprint density at radius 2 is 2.00 bits per heavy atom. The maximum Gasteiger partial charge on any atom is 0.243 e. The summed E-state index contributed by atoms with van der Waals surface area (Å²) in [7, 11) is -3.51. The van der Waals surface area contributed by atoms with Gasteiger partial charge in [-0.1, -0.05) is 45.1 Å². The van der Waals surface area contributed by atoms with Crippen LogP contribution < -0.4 is 5.73 Å². The first kappa shape index (κ1) is 17.1. The maximum atomic E-state index is 12.7. The van der Waals surface area contributed by atoms with Crippen LogP contribution in [0.5, 0.6) is 0 Å². The second-order valence-electron chi connectivity index (χ2n) is 5.19. The number of nitrogens with zero attached hydrogens (tertiary/aromatic N) is 1. The molecule has 0 heterocycles. The summed E-state index contributed by atoms with van der Waals surface area (Å²) in [5.74, 6) is 0.267. The summed E-state index contributed by atoms with van der Waals surface area (Å²) in [6, 6.07) is 5.05. The molecule has 0 spiro atoms. The SMILES string of the molecule is CCN(CC(C)C)S(=O)(=O)c1cc(C(N)=S)ccc1C. The molecule has 0 fully saturated rings. The highest BCUT2D eigenvalue weighted by Gasteiger charge is 2.25. The summed E-state index contributed by atoms with van der Waals surface area (Å²) < 4.78 is 27.0. The third-order valence-electron chi connectivity index (χ3n) is 3.01. The van der Waals surface area contributed by atoms with E-state index in [4.69, 9.17) is 18.0 Å². The number of hydrogen-bond acceptors (Lipinski definition) is 3. The minimum atomic E-state index is -3.51. The molecule has 0 unspecified atom stereocenters. The normalized spacial score (nSPS) is 12.1. The van der Waals surface area contributed by atoms with Crippen LogP contribution in [0.2, 0.25) is 0 Å². The Balaban J connectivity index is 3.33. The molecule has 20 heavy (non-hydrogen) atoms. The molecule has 0 aliphatic heterocycles. The third kappa shape index (κ3) is 3.77. The quantitative estimate of drug-likeness (QED) is 0.818. The van der Waals surface area contributed by atoms with Crippen molar-refractivity contribution in [3.63, 3.8) is 0 Å². The molecular weight excluding hydrogens is 292 g/mol. The molecule has 0 bridgehead atoms. The van der Waals surface area contributed by atoms with Gasteiger partial charge in [0.2, 0.25) is 10.0 Å². The van der Waals surface area contributed by atoms with Crippen LogP contribution >= 0.6 is 12.2 Å². The zero-order valence-corrected chi connectivity index (χ0v) is 14.0. The lowest BCUT2D eigenvalue weighted by molar-refractivity contribution is 0.380. The fourth-order valence-corrected chi connectivity index (χ4v) is 3.97. The fourth-order valence-electron chi connectivity index (χ4n) is 1.97. The van der Waals surface area contributed by atoms with Gasteiger partial charge in [0, 0.05) is 18.7 Å². The topological polar surface area (TPSA) is 63.4 Å². The first-order valence-corrected chi connectivity index (χ1v) is 8.45. The number of nitrogens with two attached hydrogens (primary N) is 1. The lowest BCUT2D eigenvalue weighted by Crippen LogP contribution is -2.34. The molecule has 4 nitrogen and oxygen atoms in total. The predicted molar refractivity (Wildman–Crippen MR) is 86.3 cm³/mol. The van der Waals surface area contributed by atoms with Crippen LogP contribution in [-0.4, -0.2) is 30.8 Å². The van der Waals surface area contributed by atoms with E-state index in [9.17, 15) is 8.42 Å². The standard InChI is InChI=1S/C14H22N2O2S2/c1-5-16(9-10(2)3)20(17,18)13-8-12(14(15)19)7-6-11(13)4/h6-8,10H,5,9H2,1-4H3,(H2,15,19). The van der Waals surface area contributed by atoms with Gasteiger partial charge in [0.15, 0.2) is 0 Å². The first-order chi connectivity index (χ1) is 9.20. The van der Waals surface area contributed by atoms with E-state index in [1.807, 2.05) is 20.8 Å². The van der Waals surface area contributed by atoms with Gasteiger partial charge in [-0.3, -0.25) is 0 Å². The smallest absolute Gasteiger partial charge is 0.243 e. The van der Waals surface area contributed by atoms with E-state index in [-0.39, 0.29) is 15.8 Å². The Labute approximate surface area is 127 Å². The number of sulfonamides is 1. The van der Waals surface area contributed by atoms with E-state index in [1.54, 1.807) is 25.1 Å². The van der Waals surface area contributed by atoms with Crippen molar-refractivity contribution < 1.29 is 8.42 Å². The van der Waals surface area contributed by atoms with Crippen molar-refractivity contribution in [2.24, 2.45) is 11.7 Å². The lowest BCUT2D eigenvalue weighted by Gasteiger charge is -2.23. The summed E-state index contributed by atoms with van der Waals surface area (Å²) >= 11 is 4.92. The van der Waals surface area contributed by atoms with Crippen molar-refractivity contribution in [2.75, 3.05) is 13.1 Å². The van der Waals surface area contributed by atoms with Crippen molar-refractivity contribution in [1.82, 2.24) is 4.31 Å². The molecule has 0 aromatic heterocycles. The van der Waals surface area contributed by atoms with Gasteiger partial charge in [0.1, 0.15) is 4.99 Å². The highest BCUT2D eigenvalue weighted by Crippen LogP contribution is 2.22. The van der Waals surface area contributed by atoms with Crippen molar-refractivity contribution in [3.8, 4) is 0 Å². The molecule has 1 rings (SSSR count). The van der Waals surface area contributed by atoms with Gasteiger partial charge in [0.05, 0.1) is 4.90 Å². The minimum absolute atomic E-state index is 0.202. The average Bonchev–Trinajstić information content (AvgIpc) is 2.35. The lowest BCUT2D eigenvalue weighted by atomic mass is 10.1. The largest absolute Gasteiger partial charge is 0.389 e. The molecule has 1 aromatic carbocycles. The molecule has 0 saturated heterocycles. The third-order valence-corrected chi connectivity index (χ3v) is 5.33. The van der Waals surface area contributed by atoms with Crippen molar-refractivity contribution in [1.29, 1.82) is 0 Å². The fraction of sp³-hybridized carbons (Fsp3) is 0.500. The molecule has 1 aromatic rings. The van der Waals surface area contributed by atoms with Crippen LogP contribution in [0.4, 0.5) is 0 Å². The van der Waals surface area contributed by atoms with Gasteiger partial charge < -0.3 is 5.73 Å². The van der Waals surface area contributed by atoms with E-state index in [0.29, 0.717) is 24.2 Å². The molecule has 0 saturated carbocycles. The second-order valence-corrected chi connectivity index (χ2v) is 7.54. The van der Waals surface area contributed by atoms with E-state index >= 15 is 0 Å². The first-order valence-electron chi connectivity index (χ1n) is 6.60. The summed E-state index contributed by atoms with van der Waals surface area (Å²) in [5.41, 5.74) is 6.86. The highest BCUT2D eigenvalue weighted by atomic mass is 32.2. The summed E-state index contributed by atoms with van der Waals surface area (Å²) in [4.78, 5) is 0.485. The molecular formula is C14H22N2O2S2. The molecule has 0 aliphatic rings. The maximum absolute atomic E-state index is 12.7. The van der Waals surface area contributed by atoms with Gasteiger partial charge in [-0.15, -0.1) is 0 Å². The second kappa shape index (κ2) is 6.65. The molecule has 0 atom stereocenters. The average molecular weight is 314 g/mol. The molecule has 0 amide bonds. The van der Waals surface area contributed by atoms with Gasteiger partial charge in [-0.25, -0.2) is 8.42 Å². The van der Waals surface area contributed by atoms with Crippen molar-refractivity contribution in [3.05, 3.63) is 29.3 Å². The van der Waals surface area contributed by atoms with E-state index in [0.717, 1.165) is 0 Å². The molecule has 6 heteroatoms. The molecule has 0 radical (unpaired) electrons. The molecule has 0 aliphatic carbocycles. The zero-order chi connectivity index (χ0) is 15.5. The van der Waals surface area contributed by atoms with Crippen LogP contribution in [0.3, 0.4) is 0 Å². The van der Waals surface area contributed by atoms with Gasteiger partial charge in [-0.2, -0.15) is 4.31 Å². The van der Waals surface area contributed by atoms with E-state index in [1.165, 1.54) is 4.31 Å². The summed E-state index contributed by atoms with van der Waals surface area (Å²) in [5, 5.41) is 0. The zero-order valence-electron chi connectivity index (χ0n) is 12.4. The number of aryl methyl sites for hydroxylation is 1. The number of hydrogen-bond donors (Lipinski definition) is 1. The van der Waals surface area contributed by atoms with Crippen LogP contribution in [0.25, 0.3) is 0 Å². The van der Waals surface area contributed by atoms with Crippen LogP contribution in [-0.2, 0) is 10.0 Å². The van der Waals surface area contributed by atoms with E-state index < -0.39 is 10.0 Å². The Hall–Kier alpha value is -0.980. The van der Waals surface area contributed by atoms with Crippen molar-refractivity contribution >= 4 is 27.2 Å². The Morgan fingerprint density at radius 3 is 2.45 bits per heavy atom. The van der Waals surface area contributed by atoms with E-state index in [2.05, 4.69) is 0 Å². The highest BCUT2D eigenvalue weighted by molar-refractivity contribution is 7.89. The number of thiocarbonyl (C=S) groups is 1. The van der Waals surface area contributed by atoms with Gasteiger partial charge >= 0.3 is 0 Å². The Morgan fingerprint density at radius 1 is 1.40 bits per heavy atom. The van der Waals surface area contributed by atoms with Crippen LogP contribution in [0.1, 0.15) is 31.9 Å². The molecule has 2 N–H and O–H groups in total. The number of rotatable bonds is 6. The monoisotopic (exact) mass is 314 g/mol. The minimum Gasteiger partial charge on any atom is -0.389 e.